The second-order valence-corrected chi connectivity index (χ2v) is 3.80. The summed E-state index contributed by atoms with van der Waals surface area (Å²) in [6.07, 6.45) is 2.70. The summed E-state index contributed by atoms with van der Waals surface area (Å²) in [7, 11) is 0. The Kier molecular flexibility index (Phi) is 2.23. The van der Waals surface area contributed by atoms with E-state index in [9.17, 15) is 10.2 Å². The molecule has 1 saturated heterocycles. The third-order valence-corrected chi connectivity index (χ3v) is 2.39. The molecule has 0 aromatic carbocycles. The molecule has 3 nitrogen and oxygen atoms in total. The number of hydrogen-bond acceptors (Lipinski definition) is 3. The number of rotatable bonds is 1. The lowest BCUT2D eigenvalue weighted by Crippen LogP contribution is -2.62. The molecular formula is C8H17NO2. The van der Waals surface area contributed by atoms with Crippen molar-refractivity contribution in [3.63, 3.8) is 0 Å². The highest BCUT2D eigenvalue weighted by molar-refractivity contribution is 4.93. The first-order valence-corrected chi connectivity index (χ1v) is 4.15. The molecule has 0 aromatic rings. The van der Waals surface area contributed by atoms with Gasteiger partial charge in [-0.2, -0.15) is 0 Å². The predicted octanol–water partition coefficient (Wildman–Crippen LogP) is 0.219. The molecule has 66 valence electrons. The minimum atomic E-state index is -1.08. The van der Waals surface area contributed by atoms with Gasteiger partial charge < -0.3 is 10.2 Å². The Bertz CT molecular complexity index is 134. The van der Waals surface area contributed by atoms with Crippen LogP contribution in [0.1, 0.15) is 33.1 Å². The summed E-state index contributed by atoms with van der Waals surface area (Å²) in [5.74, 6) is 0. The Labute approximate surface area is 67.4 Å². The first kappa shape index (κ1) is 8.97. The first-order chi connectivity index (χ1) is 4.96. The van der Waals surface area contributed by atoms with Crippen LogP contribution in [-0.4, -0.2) is 28.1 Å². The van der Waals surface area contributed by atoms with Gasteiger partial charge in [0.05, 0.1) is 0 Å². The molecule has 0 aromatic heterocycles. The van der Waals surface area contributed by atoms with E-state index in [2.05, 4.69) is 5.32 Å². The maximum absolute atomic E-state index is 9.85. The van der Waals surface area contributed by atoms with Crippen molar-refractivity contribution in [1.82, 2.24) is 5.32 Å². The lowest BCUT2D eigenvalue weighted by molar-refractivity contribution is -0.163. The van der Waals surface area contributed by atoms with Gasteiger partial charge in [0.2, 0.25) is 0 Å². The highest BCUT2D eigenvalue weighted by atomic mass is 16.4. The largest absolute Gasteiger partial charge is 0.386 e. The van der Waals surface area contributed by atoms with Gasteiger partial charge in [-0.25, -0.2) is 0 Å². The third kappa shape index (κ3) is 1.72. The quantitative estimate of drug-likeness (QED) is 0.513. The number of piperidine rings is 1. The molecule has 0 spiro atoms. The van der Waals surface area contributed by atoms with Gasteiger partial charge in [-0.15, -0.1) is 0 Å². The van der Waals surface area contributed by atoms with Crippen LogP contribution in [0.2, 0.25) is 0 Å². The lowest BCUT2D eigenvalue weighted by atomic mass is 9.87. The van der Waals surface area contributed by atoms with E-state index in [1.807, 2.05) is 0 Å². The molecule has 0 saturated carbocycles. The van der Waals surface area contributed by atoms with Crippen molar-refractivity contribution in [2.24, 2.45) is 0 Å². The Morgan fingerprint density at radius 3 is 2.27 bits per heavy atom. The second kappa shape index (κ2) is 2.73. The molecular weight excluding hydrogens is 142 g/mol. The van der Waals surface area contributed by atoms with Gasteiger partial charge in [0.25, 0.3) is 0 Å². The van der Waals surface area contributed by atoms with Gasteiger partial charge >= 0.3 is 0 Å². The monoisotopic (exact) mass is 159 g/mol. The maximum atomic E-state index is 9.85. The summed E-state index contributed by atoms with van der Waals surface area (Å²) in [4.78, 5) is 0. The Morgan fingerprint density at radius 2 is 2.00 bits per heavy atom. The van der Waals surface area contributed by atoms with E-state index < -0.39 is 11.3 Å². The van der Waals surface area contributed by atoms with E-state index in [1.54, 1.807) is 13.8 Å². The zero-order valence-corrected chi connectivity index (χ0v) is 7.22. The van der Waals surface area contributed by atoms with Crippen molar-refractivity contribution in [3.8, 4) is 0 Å². The molecule has 1 fully saturated rings. The summed E-state index contributed by atoms with van der Waals surface area (Å²) >= 11 is 0. The Morgan fingerprint density at radius 1 is 1.36 bits per heavy atom. The molecule has 1 rings (SSSR count). The van der Waals surface area contributed by atoms with Crippen molar-refractivity contribution in [3.05, 3.63) is 0 Å². The number of aliphatic hydroxyl groups is 2. The molecule has 1 unspecified atom stereocenters. The molecule has 0 aliphatic carbocycles. The van der Waals surface area contributed by atoms with E-state index >= 15 is 0 Å². The van der Waals surface area contributed by atoms with E-state index in [4.69, 9.17) is 0 Å². The molecule has 1 heterocycles. The molecule has 1 aliphatic rings. The van der Waals surface area contributed by atoms with E-state index in [0.29, 0.717) is 6.42 Å². The van der Waals surface area contributed by atoms with Crippen molar-refractivity contribution >= 4 is 0 Å². The third-order valence-electron chi connectivity index (χ3n) is 2.39. The molecule has 3 heteroatoms. The predicted molar refractivity (Wildman–Crippen MR) is 43.1 cm³/mol. The van der Waals surface area contributed by atoms with E-state index in [-0.39, 0.29) is 0 Å². The maximum Gasteiger partial charge on any atom is 0.144 e. The average molecular weight is 159 g/mol. The minimum absolute atomic E-state index is 0.635. The molecule has 3 N–H and O–H groups in total. The Balaban J connectivity index is 2.64. The van der Waals surface area contributed by atoms with Crippen molar-refractivity contribution in [1.29, 1.82) is 0 Å². The molecule has 1 aliphatic heterocycles. The van der Waals surface area contributed by atoms with Gasteiger partial charge in [-0.05, 0) is 39.7 Å². The minimum Gasteiger partial charge on any atom is -0.386 e. The highest BCUT2D eigenvalue weighted by Gasteiger charge is 2.42. The normalized spacial score (nSPS) is 33.8. The lowest BCUT2D eigenvalue weighted by Gasteiger charge is -2.42. The highest BCUT2D eigenvalue weighted by Crippen LogP contribution is 2.27. The molecule has 11 heavy (non-hydrogen) atoms. The fraction of sp³-hybridized carbons (Fsp3) is 1.00. The average Bonchev–Trinajstić information content (AvgIpc) is 1.87. The molecule has 1 atom stereocenters. The van der Waals surface area contributed by atoms with Crippen LogP contribution >= 0.6 is 0 Å². The van der Waals surface area contributed by atoms with Gasteiger partial charge in [0.15, 0.2) is 0 Å². The van der Waals surface area contributed by atoms with Crippen LogP contribution in [-0.2, 0) is 0 Å². The van der Waals surface area contributed by atoms with Crippen LogP contribution in [0.15, 0.2) is 0 Å². The van der Waals surface area contributed by atoms with Crippen LogP contribution in [0.4, 0.5) is 0 Å². The fourth-order valence-electron chi connectivity index (χ4n) is 1.41. The van der Waals surface area contributed by atoms with Gasteiger partial charge in [0, 0.05) is 0 Å². The van der Waals surface area contributed by atoms with E-state index in [0.717, 1.165) is 19.4 Å². The topological polar surface area (TPSA) is 52.5 Å². The summed E-state index contributed by atoms with van der Waals surface area (Å²) in [6.45, 7) is 4.05. The fourth-order valence-corrected chi connectivity index (χ4v) is 1.41. The summed E-state index contributed by atoms with van der Waals surface area (Å²) in [5, 5.41) is 22.4. The molecule has 0 radical (unpaired) electrons. The van der Waals surface area contributed by atoms with Gasteiger partial charge in [-0.3, -0.25) is 5.32 Å². The van der Waals surface area contributed by atoms with Gasteiger partial charge in [-0.1, -0.05) is 0 Å². The zero-order chi connectivity index (χ0) is 8.54. The summed E-state index contributed by atoms with van der Waals surface area (Å²) in [5.41, 5.74) is -2.13. The van der Waals surface area contributed by atoms with Crippen LogP contribution in [0.5, 0.6) is 0 Å². The standard InChI is InChI=1S/C8H17NO2/c1-7(2,10)8(11)5-3-4-6-9-8/h9-11H,3-6H2,1-2H3. The first-order valence-electron chi connectivity index (χ1n) is 4.15. The van der Waals surface area contributed by atoms with Crippen molar-refractivity contribution < 1.29 is 10.2 Å². The van der Waals surface area contributed by atoms with Crippen LogP contribution in [0.3, 0.4) is 0 Å². The SMILES string of the molecule is CC(C)(O)C1(O)CCCCN1. The van der Waals surface area contributed by atoms with Crippen LogP contribution < -0.4 is 5.32 Å². The van der Waals surface area contributed by atoms with E-state index in [1.165, 1.54) is 0 Å². The second-order valence-electron chi connectivity index (χ2n) is 3.80. The smallest absolute Gasteiger partial charge is 0.144 e. The number of nitrogens with one attached hydrogen (secondary N) is 1. The van der Waals surface area contributed by atoms with Crippen molar-refractivity contribution in [2.45, 2.75) is 44.4 Å². The molecule has 0 bridgehead atoms. The summed E-state index contributed by atoms with van der Waals surface area (Å²) in [6, 6.07) is 0. The Hall–Kier alpha value is -0.120. The molecule has 0 amide bonds. The zero-order valence-electron chi connectivity index (χ0n) is 7.22. The van der Waals surface area contributed by atoms with Crippen molar-refractivity contribution in [2.75, 3.05) is 6.54 Å². The summed E-state index contributed by atoms with van der Waals surface area (Å²) < 4.78 is 0. The van der Waals surface area contributed by atoms with Crippen LogP contribution in [0, 0.1) is 0 Å². The number of hydrogen-bond donors (Lipinski definition) is 3. The van der Waals surface area contributed by atoms with Gasteiger partial charge in [0.1, 0.15) is 11.3 Å². The van der Waals surface area contributed by atoms with Crippen LogP contribution in [0.25, 0.3) is 0 Å².